The van der Waals surface area contributed by atoms with E-state index in [9.17, 15) is 14.3 Å². The Bertz CT molecular complexity index is 1260. The summed E-state index contributed by atoms with van der Waals surface area (Å²) < 4.78 is 15.7. The number of primary amides is 1. The molecule has 192 valence electrons. The molecule has 3 aromatic rings. The van der Waals surface area contributed by atoms with E-state index in [0.29, 0.717) is 54.4 Å². The second-order valence-electron chi connectivity index (χ2n) is 9.59. The maximum atomic E-state index is 13.8. The third-order valence-corrected chi connectivity index (χ3v) is 7.78. The van der Waals surface area contributed by atoms with Crippen LogP contribution in [0, 0.1) is 11.7 Å². The second-order valence-corrected chi connectivity index (χ2v) is 10.4. The number of hydrogen-bond donors (Lipinski definition) is 4. The van der Waals surface area contributed by atoms with Crippen molar-refractivity contribution in [1.82, 2.24) is 19.5 Å². The normalized spacial score (nSPS) is 24.6. The molecular weight excluding hydrogens is 508 g/mol. The molecule has 0 saturated heterocycles. The number of nitrogens with two attached hydrogens (primary N) is 1. The number of carbonyl (C=O) groups excluding carboxylic acids is 1. The number of aromatic nitrogens is 4. The van der Waals surface area contributed by atoms with Crippen LogP contribution in [-0.4, -0.2) is 42.7 Å². The summed E-state index contributed by atoms with van der Waals surface area (Å²) in [6.07, 6.45) is 7.51. The average molecular weight is 536 g/mol. The predicted octanol–water partition coefficient (Wildman–Crippen LogP) is 4.95. The van der Waals surface area contributed by atoms with Crippen LogP contribution >= 0.6 is 23.2 Å². The molecule has 2 fully saturated rings. The molecule has 1 amide bonds. The van der Waals surface area contributed by atoms with Crippen LogP contribution in [0.3, 0.4) is 0 Å². The van der Waals surface area contributed by atoms with Crippen LogP contribution in [0.5, 0.6) is 0 Å². The molecule has 2 aliphatic carbocycles. The highest BCUT2D eigenvalue weighted by Crippen LogP contribution is 2.39. The van der Waals surface area contributed by atoms with Crippen LogP contribution in [-0.2, 0) is 4.79 Å². The van der Waals surface area contributed by atoms with Gasteiger partial charge < -0.3 is 21.5 Å². The van der Waals surface area contributed by atoms with Crippen molar-refractivity contribution in [2.45, 2.75) is 69.6 Å². The molecule has 5 rings (SSSR count). The highest BCUT2D eigenvalue weighted by molar-refractivity contribution is 6.39. The zero-order valence-corrected chi connectivity index (χ0v) is 21.1. The number of halogens is 3. The van der Waals surface area contributed by atoms with E-state index in [4.69, 9.17) is 38.9 Å². The topological polar surface area (TPSA) is 131 Å². The Balaban J connectivity index is 1.53. The summed E-state index contributed by atoms with van der Waals surface area (Å²) in [6.45, 7) is 0. The first-order chi connectivity index (χ1) is 17.3. The van der Waals surface area contributed by atoms with Crippen LogP contribution in [0.25, 0.3) is 11.2 Å². The van der Waals surface area contributed by atoms with E-state index in [0.717, 1.165) is 25.7 Å². The number of aliphatic hydroxyl groups is 1. The van der Waals surface area contributed by atoms with E-state index < -0.39 is 11.9 Å². The Kier molecular flexibility index (Phi) is 7.18. The van der Waals surface area contributed by atoms with Gasteiger partial charge in [0.05, 0.1) is 34.1 Å². The number of imidazole rings is 1. The number of amides is 1. The van der Waals surface area contributed by atoms with Crippen LogP contribution < -0.4 is 16.4 Å². The molecule has 0 unspecified atom stereocenters. The Morgan fingerprint density at radius 1 is 1.08 bits per heavy atom. The highest BCUT2D eigenvalue weighted by atomic mass is 35.5. The Hall–Kier alpha value is -2.69. The molecule has 2 aliphatic rings. The first-order valence-electron chi connectivity index (χ1n) is 12.2. The average Bonchev–Trinajstić information content (AvgIpc) is 3.20. The third-order valence-electron chi connectivity index (χ3n) is 7.18. The molecule has 0 bridgehead atoms. The number of fused-ring (bicyclic) bond motifs is 1. The van der Waals surface area contributed by atoms with E-state index in [-0.39, 0.29) is 34.0 Å². The van der Waals surface area contributed by atoms with Gasteiger partial charge >= 0.3 is 0 Å². The minimum Gasteiger partial charge on any atom is -0.391 e. The quantitative estimate of drug-likeness (QED) is 0.351. The van der Waals surface area contributed by atoms with Crippen molar-refractivity contribution in [3.05, 3.63) is 34.2 Å². The van der Waals surface area contributed by atoms with Crippen LogP contribution in [0.2, 0.25) is 10.0 Å². The van der Waals surface area contributed by atoms with Crippen molar-refractivity contribution >= 4 is 57.9 Å². The van der Waals surface area contributed by atoms with Gasteiger partial charge in [-0.2, -0.15) is 4.98 Å². The van der Waals surface area contributed by atoms with E-state index in [1.807, 2.05) is 4.57 Å². The Morgan fingerprint density at radius 2 is 1.78 bits per heavy atom. The number of anilines is 3. The van der Waals surface area contributed by atoms with E-state index in [1.54, 1.807) is 6.20 Å². The lowest BCUT2D eigenvalue weighted by atomic mass is 9.85. The van der Waals surface area contributed by atoms with Gasteiger partial charge in [-0.05, 0) is 50.7 Å². The molecule has 2 aromatic heterocycles. The van der Waals surface area contributed by atoms with E-state index in [1.165, 1.54) is 12.1 Å². The lowest BCUT2D eigenvalue weighted by Gasteiger charge is -2.29. The number of nitrogens with zero attached hydrogens (tertiary/aromatic N) is 4. The fourth-order valence-electron chi connectivity index (χ4n) is 5.23. The molecule has 2 saturated carbocycles. The predicted molar refractivity (Wildman–Crippen MR) is 137 cm³/mol. The van der Waals surface area contributed by atoms with Gasteiger partial charge in [0.25, 0.3) is 0 Å². The highest BCUT2D eigenvalue weighted by Gasteiger charge is 2.30. The lowest BCUT2D eigenvalue weighted by molar-refractivity contribution is -0.122. The zero-order chi connectivity index (χ0) is 25.4. The molecule has 2 heterocycles. The van der Waals surface area contributed by atoms with Crippen molar-refractivity contribution < 1.29 is 14.3 Å². The molecule has 5 N–H and O–H groups in total. The van der Waals surface area contributed by atoms with Gasteiger partial charge in [0.2, 0.25) is 17.8 Å². The van der Waals surface area contributed by atoms with Crippen LogP contribution in [0.15, 0.2) is 18.3 Å². The summed E-state index contributed by atoms with van der Waals surface area (Å²) in [5.41, 5.74) is 7.02. The second kappa shape index (κ2) is 10.4. The summed E-state index contributed by atoms with van der Waals surface area (Å²) in [4.78, 5) is 25.6. The molecule has 0 spiro atoms. The van der Waals surface area contributed by atoms with Crippen LogP contribution in [0.1, 0.15) is 57.4 Å². The monoisotopic (exact) mass is 535 g/mol. The summed E-state index contributed by atoms with van der Waals surface area (Å²) in [5, 5.41) is 17.1. The Labute approximate surface area is 217 Å². The van der Waals surface area contributed by atoms with Crippen molar-refractivity contribution in [2.75, 3.05) is 10.6 Å². The maximum absolute atomic E-state index is 13.8. The summed E-state index contributed by atoms with van der Waals surface area (Å²) >= 11 is 12.6. The molecular formula is C24H28Cl2FN7O2. The van der Waals surface area contributed by atoms with Crippen molar-refractivity contribution in [3.63, 3.8) is 0 Å². The standard InChI is InChI=1S/C24H28Cl2FN7O2/c25-15-9-13(27)10-16(26)20(15)32-24-31-18-11-29-23(30-17-3-1-2-4-19(17)35)33-22(18)34(24)14-7-5-12(6-8-14)21(28)36/h9-12,14,17,19,35H,1-8H2,(H2,28,36)(H,31,32)(H,29,30,33)/t12-,14-,17-,19+/m0/s1. The number of rotatable bonds is 6. The first kappa shape index (κ1) is 25.0. The van der Waals surface area contributed by atoms with E-state index in [2.05, 4.69) is 15.6 Å². The van der Waals surface area contributed by atoms with Gasteiger partial charge in [0.15, 0.2) is 5.65 Å². The minimum absolute atomic E-state index is 0.0193. The fourth-order valence-corrected chi connectivity index (χ4v) is 5.79. The minimum atomic E-state index is -0.541. The summed E-state index contributed by atoms with van der Waals surface area (Å²) in [6, 6.07) is 2.22. The number of aliphatic hydroxyl groups excluding tert-OH is 1. The molecule has 0 radical (unpaired) electrons. The SMILES string of the molecule is NC(=O)[C@H]1CC[C@H](n2c(Nc3c(Cl)cc(F)cc3Cl)nc3cnc(N[C@H]4CCCC[C@H]4O)nc32)CC1. The third kappa shape index (κ3) is 5.07. The molecule has 36 heavy (non-hydrogen) atoms. The van der Waals surface area contributed by atoms with Gasteiger partial charge in [0, 0.05) is 12.0 Å². The number of hydrogen-bond acceptors (Lipinski definition) is 7. The van der Waals surface area contributed by atoms with Crippen LogP contribution in [0.4, 0.5) is 22.0 Å². The fraction of sp³-hybridized carbons (Fsp3) is 0.500. The smallest absolute Gasteiger partial charge is 0.225 e. The Morgan fingerprint density at radius 3 is 2.44 bits per heavy atom. The van der Waals surface area contributed by atoms with Gasteiger partial charge in [-0.15, -0.1) is 0 Å². The number of carbonyl (C=O) groups is 1. The molecule has 1 aromatic carbocycles. The van der Waals surface area contributed by atoms with E-state index >= 15 is 0 Å². The molecule has 0 aliphatic heterocycles. The largest absolute Gasteiger partial charge is 0.391 e. The van der Waals surface area contributed by atoms with Crippen molar-refractivity contribution in [1.29, 1.82) is 0 Å². The zero-order valence-electron chi connectivity index (χ0n) is 19.6. The lowest BCUT2D eigenvalue weighted by Crippen LogP contribution is -2.36. The molecule has 9 nitrogen and oxygen atoms in total. The van der Waals surface area contributed by atoms with Crippen molar-refractivity contribution in [3.8, 4) is 0 Å². The van der Waals surface area contributed by atoms with Crippen molar-refractivity contribution in [2.24, 2.45) is 11.7 Å². The number of benzene rings is 1. The summed E-state index contributed by atoms with van der Waals surface area (Å²) in [7, 11) is 0. The maximum Gasteiger partial charge on any atom is 0.225 e. The van der Waals surface area contributed by atoms with Gasteiger partial charge in [0.1, 0.15) is 11.3 Å². The van der Waals surface area contributed by atoms with Gasteiger partial charge in [-0.1, -0.05) is 36.0 Å². The van der Waals surface area contributed by atoms with Gasteiger partial charge in [-0.3, -0.25) is 9.36 Å². The van der Waals surface area contributed by atoms with Gasteiger partial charge in [-0.25, -0.2) is 14.4 Å². The summed E-state index contributed by atoms with van der Waals surface area (Å²) in [5.74, 6) is -0.141. The first-order valence-corrected chi connectivity index (χ1v) is 13.0. The molecule has 2 atom stereocenters. The number of nitrogens with one attached hydrogen (secondary N) is 2. The molecule has 12 heteroatoms.